The molecule has 0 atom stereocenters. The van der Waals surface area contributed by atoms with Gasteiger partial charge in [-0.2, -0.15) is 0 Å². The summed E-state index contributed by atoms with van der Waals surface area (Å²) in [5.41, 5.74) is 1.42. The van der Waals surface area contributed by atoms with Gasteiger partial charge in [-0.1, -0.05) is 76.0 Å². The van der Waals surface area contributed by atoms with Gasteiger partial charge in [-0.3, -0.25) is 10.1 Å². The van der Waals surface area contributed by atoms with Crippen LogP contribution in [0.5, 0.6) is 5.75 Å². The Morgan fingerprint density at radius 2 is 1.58 bits per heavy atom. The molecule has 0 amide bonds. The van der Waals surface area contributed by atoms with E-state index in [2.05, 4.69) is 22.1 Å². The van der Waals surface area contributed by atoms with Crippen LogP contribution in [0.25, 0.3) is 10.2 Å². The first-order valence-corrected chi connectivity index (χ1v) is 12.7. The minimum absolute atomic E-state index is 0.0445. The van der Waals surface area contributed by atoms with Crippen molar-refractivity contribution in [1.29, 1.82) is 0 Å². The van der Waals surface area contributed by atoms with E-state index in [0.717, 1.165) is 18.8 Å². The highest BCUT2D eigenvalue weighted by molar-refractivity contribution is 7.21. The van der Waals surface area contributed by atoms with Crippen LogP contribution in [0.2, 0.25) is 0 Å². The number of rotatable bonds is 15. The van der Waals surface area contributed by atoms with Crippen molar-refractivity contribution in [3.05, 3.63) is 52.6 Å². The van der Waals surface area contributed by atoms with Crippen molar-refractivity contribution in [3.8, 4) is 5.75 Å². The summed E-state index contributed by atoms with van der Waals surface area (Å²) in [6, 6.07) is 12.1. The molecular weight excluding hydrogens is 436 g/mol. The molecule has 1 heterocycles. The van der Waals surface area contributed by atoms with Gasteiger partial charge in [-0.25, -0.2) is 4.98 Å². The minimum atomic E-state index is -0.416. The third kappa shape index (κ3) is 8.53. The second kappa shape index (κ2) is 13.6. The van der Waals surface area contributed by atoms with E-state index in [1.807, 2.05) is 24.3 Å². The van der Waals surface area contributed by atoms with Crippen LogP contribution in [0.4, 0.5) is 16.5 Å². The molecule has 0 fully saturated rings. The molecule has 0 aliphatic rings. The number of ether oxygens (including phenoxy) is 1. The Morgan fingerprint density at radius 3 is 2.24 bits per heavy atom. The molecule has 0 aliphatic carbocycles. The zero-order valence-corrected chi connectivity index (χ0v) is 20.1. The summed E-state index contributed by atoms with van der Waals surface area (Å²) in [7, 11) is 0. The molecular formula is C25H32N4O3S. The van der Waals surface area contributed by atoms with Crippen LogP contribution in [-0.4, -0.2) is 16.5 Å². The Bertz CT molecular complexity index is 1030. The standard InChI is InChI=1S/C25H32N4O3S/c1-2-3-4-5-6-7-8-9-10-11-18-32-22-15-12-20(13-16-22)27-28-25-26-23-17-14-21(29(30)31)19-24(23)33-25/h12-17,19H,2-11,18H2,1H3. The van der Waals surface area contributed by atoms with Gasteiger partial charge in [0.15, 0.2) is 0 Å². The molecule has 3 aromatic rings. The van der Waals surface area contributed by atoms with Crippen molar-refractivity contribution in [1.82, 2.24) is 4.98 Å². The van der Waals surface area contributed by atoms with E-state index in [0.29, 0.717) is 21.0 Å². The summed E-state index contributed by atoms with van der Waals surface area (Å²) in [5, 5.41) is 19.8. The third-order valence-electron chi connectivity index (χ3n) is 5.43. The van der Waals surface area contributed by atoms with Gasteiger partial charge in [-0.05, 0) is 36.8 Å². The Morgan fingerprint density at radius 1 is 0.909 bits per heavy atom. The number of unbranched alkanes of at least 4 members (excludes halogenated alkanes) is 9. The second-order valence-corrected chi connectivity index (χ2v) is 9.14. The lowest BCUT2D eigenvalue weighted by Crippen LogP contribution is -1.96. The van der Waals surface area contributed by atoms with Crippen LogP contribution in [0, 0.1) is 10.1 Å². The zero-order chi connectivity index (χ0) is 23.3. The summed E-state index contributed by atoms with van der Waals surface area (Å²) in [5.74, 6) is 0.831. The van der Waals surface area contributed by atoms with E-state index < -0.39 is 4.92 Å². The van der Waals surface area contributed by atoms with Gasteiger partial charge in [0.2, 0.25) is 5.13 Å². The average Bonchev–Trinajstić information content (AvgIpc) is 3.24. The summed E-state index contributed by atoms with van der Waals surface area (Å²) in [6.07, 6.45) is 13.1. The van der Waals surface area contributed by atoms with Gasteiger partial charge < -0.3 is 4.74 Å². The molecule has 0 spiro atoms. The number of azo groups is 1. The molecule has 0 aliphatic heterocycles. The van der Waals surface area contributed by atoms with Gasteiger partial charge in [0.05, 0.1) is 27.4 Å². The topological polar surface area (TPSA) is 90.0 Å². The fourth-order valence-corrected chi connectivity index (χ4v) is 4.37. The van der Waals surface area contributed by atoms with Gasteiger partial charge in [0.1, 0.15) is 5.75 Å². The summed E-state index contributed by atoms with van der Waals surface area (Å²) >= 11 is 1.28. The molecule has 33 heavy (non-hydrogen) atoms. The summed E-state index contributed by atoms with van der Waals surface area (Å²) in [4.78, 5) is 14.8. The Kier molecular flexibility index (Phi) is 10.2. The molecule has 2 aromatic carbocycles. The van der Waals surface area contributed by atoms with Gasteiger partial charge in [0, 0.05) is 12.1 Å². The number of non-ortho nitro benzene ring substituents is 1. The quantitative estimate of drug-likeness (QED) is 0.0963. The van der Waals surface area contributed by atoms with Gasteiger partial charge in [0.25, 0.3) is 5.69 Å². The van der Waals surface area contributed by atoms with Crippen molar-refractivity contribution in [2.75, 3.05) is 6.61 Å². The summed E-state index contributed by atoms with van der Waals surface area (Å²) in [6.45, 7) is 2.99. The first-order chi connectivity index (χ1) is 16.2. The maximum absolute atomic E-state index is 10.9. The first-order valence-electron chi connectivity index (χ1n) is 11.9. The molecule has 0 unspecified atom stereocenters. The van der Waals surface area contributed by atoms with E-state index >= 15 is 0 Å². The second-order valence-electron chi connectivity index (χ2n) is 8.13. The van der Waals surface area contributed by atoms with E-state index in [1.165, 1.54) is 81.3 Å². The number of thiazole rings is 1. The lowest BCUT2D eigenvalue weighted by Gasteiger charge is -2.06. The Labute approximate surface area is 199 Å². The largest absolute Gasteiger partial charge is 0.494 e. The normalized spacial score (nSPS) is 11.4. The van der Waals surface area contributed by atoms with Crippen molar-refractivity contribution in [2.45, 2.75) is 71.1 Å². The minimum Gasteiger partial charge on any atom is -0.494 e. The number of nitro benzene ring substituents is 1. The molecule has 0 saturated heterocycles. The predicted octanol–water partition coefficient (Wildman–Crippen LogP) is 8.92. The molecule has 7 nitrogen and oxygen atoms in total. The van der Waals surface area contributed by atoms with Crippen molar-refractivity contribution < 1.29 is 9.66 Å². The number of benzene rings is 2. The van der Waals surface area contributed by atoms with Crippen molar-refractivity contribution >= 4 is 38.1 Å². The first kappa shape index (κ1) is 24.8. The maximum Gasteiger partial charge on any atom is 0.270 e. The smallest absolute Gasteiger partial charge is 0.270 e. The van der Waals surface area contributed by atoms with Crippen LogP contribution < -0.4 is 4.74 Å². The van der Waals surface area contributed by atoms with Crippen molar-refractivity contribution in [2.24, 2.45) is 10.2 Å². The number of hydrogen-bond acceptors (Lipinski definition) is 7. The Balaban J connectivity index is 1.35. The summed E-state index contributed by atoms with van der Waals surface area (Å²) < 4.78 is 6.55. The highest BCUT2D eigenvalue weighted by Gasteiger charge is 2.10. The number of fused-ring (bicyclic) bond motifs is 1. The van der Waals surface area contributed by atoms with E-state index in [-0.39, 0.29) is 5.69 Å². The molecule has 3 rings (SSSR count). The fourth-order valence-electron chi connectivity index (χ4n) is 3.55. The molecule has 0 radical (unpaired) electrons. The SMILES string of the molecule is CCCCCCCCCCCCOc1ccc(N=Nc2nc3ccc([N+](=O)[O-])cc3s2)cc1. The van der Waals surface area contributed by atoms with E-state index in [9.17, 15) is 10.1 Å². The van der Waals surface area contributed by atoms with Crippen LogP contribution >= 0.6 is 11.3 Å². The molecule has 8 heteroatoms. The lowest BCUT2D eigenvalue weighted by molar-refractivity contribution is -0.384. The average molecular weight is 469 g/mol. The molecule has 0 N–H and O–H groups in total. The highest BCUT2D eigenvalue weighted by atomic mass is 32.1. The Hall–Kier alpha value is -2.87. The number of nitrogens with zero attached hydrogens (tertiary/aromatic N) is 4. The predicted molar refractivity (Wildman–Crippen MR) is 134 cm³/mol. The molecule has 0 saturated carbocycles. The zero-order valence-electron chi connectivity index (χ0n) is 19.2. The van der Waals surface area contributed by atoms with E-state index in [1.54, 1.807) is 6.07 Å². The van der Waals surface area contributed by atoms with Gasteiger partial charge >= 0.3 is 0 Å². The van der Waals surface area contributed by atoms with E-state index in [4.69, 9.17) is 4.74 Å². The third-order valence-corrected chi connectivity index (χ3v) is 6.33. The van der Waals surface area contributed by atoms with Crippen LogP contribution in [0.3, 0.4) is 0 Å². The number of hydrogen-bond donors (Lipinski definition) is 0. The number of nitro groups is 1. The van der Waals surface area contributed by atoms with Crippen LogP contribution in [-0.2, 0) is 0 Å². The van der Waals surface area contributed by atoms with Crippen molar-refractivity contribution in [3.63, 3.8) is 0 Å². The van der Waals surface area contributed by atoms with Crippen LogP contribution in [0.15, 0.2) is 52.7 Å². The molecule has 1 aromatic heterocycles. The molecule has 176 valence electrons. The van der Waals surface area contributed by atoms with Gasteiger partial charge in [-0.15, -0.1) is 10.2 Å². The van der Waals surface area contributed by atoms with Crippen LogP contribution in [0.1, 0.15) is 71.1 Å². The maximum atomic E-state index is 10.9. The molecule has 0 bridgehead atoms. The number of aromatic nitrogens is 1. The highest BCUT2D eigenvalue weighted by Crippen LogP contribution is 2.32. The lowest BCUT2D eigenvalue weighted by atomic mass is 10.1. The fraction of sp³-hybridized carbons (Fsp3) is 0.480. The monoisotopic (exact) mass is 468 g/mol.